The zero-order valence-electron chi connectivity index (χ0n) is 12.7. The molecule has 0 aliphatic rings. The lowest BCUT2D eigenvalue weighted by Crippen LogP contribution is -2.36. The zero-order chi connectivity index (χ0) is 15.8. The summed E-state index contributed by atoms with van der Waals surface area (Å²) < 4.78 is 13.8. The van der Waals surface area contributed by atoms with Crippen LogP contribution in [0.15, 0.2) is 53.5 Å². The lowest BCUT2D eigenvalue weighted by Gasteiger charge is -2.12. The number of hydrogen-bond acceptors (Lipinski definition) is 2. The van der Waals surface area contributed by atoms with E-state index in [1.165, 1.54) is 6.07 Å². The number of nitrogens with one attached hydrogen (secondary N) is 2. The first-order valence-corrected chi connectivity index (χ1v) is 6.90. The number of benzene rings is 2. The van der Waals surface area contributed by atoms with E-state index in [4.69, 9.17) is 5.26 Å². The Morgan fingerprint density at radius 1 is 1.13 bits per heavy atom. The normalized spacial score (nSPS) is 10.4. The van der Waals surface area contributed by atoms with Crippen LogP contribution in [0.1, 0.15) is 16.7 Å². The summed E-state index contributed by atoms with van der Waals surface area (Å²) in [5.74, 6) is 0.192. The fourth-order valence-corrected chi connectivity index (χ4v) is 1.94. The van der Waals surface area contributed by atoms with Crippen LogP contribution >= 0.6 is 24.0 Å². The Bertz CT molecular complexity index is 695. The first-order valence-electron chi connectivity index (χ1n) is 6.90. The standard InChI is InChI=1S/C17H17FN4.HI/c1-20-17(21-11-13-5-3-2-4-6-13)22-12-15-8-7-14(10-19)9-16(15)18;/h2-9H,11-12H2,1H3,(H2,20,21,22);1H. The molecule has 0 aliphatic heterocycles. The largest absolute Gasteiger partial charge is 0.352 e. The van der Waals surface area contributed by atoms with Crippen LogP contribution < -0.4 is 10.6 Å². The van der Waals surface area contributed by atoms with Gasteiger partial charge in [-0.15, -0.1) is 24.0 Å². The molecule has 2 aromatic carbocycles. The Hall–Kier alpha value is -2.14. The van der Waals surface area contributed by atoms with Crippen molar-refractivity contribution in [2.75, 3.05) is 7.05 Å². The van der Waals surface area contributed by atoms with Crippen molar-refractivity contribution in [3.05, 3.63) is 71.0 Å². The summed E-state index contributed by atoms with van der Waals surface area (Å²) >= 11 is 0. The second-order valence-corrected chi connectivity index (χ2v) is 4.68. The van der Waals surface area contributed by atoms with Gasteiger partial charge in [0.25, 0.3) is 0 Å². The minimum Gasteiger partial charge on any atom is -0.352 e. The molecule has 2 aromatic rings. The van der Waals surface area contributed by atoms with E-state index in [2.05, 4.69) is 15.6 Å². The van der Waals surface area contributed by atoms with Crippen molar-refractivity contribution < 1.29 is 4.39 Å². The molecule has 0 saturated heterocycles. The average molecular weight is 424 g/mol. The van der Waals surface area contributed by atoms with Crippen molar-refractivity contribution in [2.24, 2.45) is 4.99 Å². The Morgan fingerprint density at radius 2 is 1.83 bits per heavy atom. The van der Waals surface area contributed by atoms with Crippen LogP contribution in [0.25, 0.3) is 0 Å². The maximum atomic E-state index is 13.8. The van der Waals surface area contributed by atoms with Gasteiger partial charge in [-0.25, -0.2) is 4.39 Å². The van der Waals surface area contributed by atoms with E-state index in [1.54, 1.807) is 19.2 Å². The minimum absolute atomic E-state index is 0. The second-order valence-electron chi connectivity index (χ2n) is 4.68. The summed E-state index contributed by atoms with van der Waals surface area (Å²) in [5, 5.41) is 14.9. The van der Waals surface area contributed by atoms with Crippen molar-refractivity contribution in [1.29, 1.82) is 5.26 Å². The van der Waals surface area contributed by atoms with Crippen LogP contribution in [-0.4, -0.2) is 13.0 Å². The number of nitrogens with zero attached hydrogens (tertiary/aromatic N) is 2. The average Bonchev–Trinajstić information content (AvgIpc) is 2.57. The quantitative estimate of drug-likeness (QED) is 0.451. The van der Waals surface area contributed by atoms with E-state index < -0.39 is 5.82 Å². The van der Waals surface area contributed by atoms with Gasteiger partial charge < -0.3 is 10.6 Å². The number of nitriles is 1. The Morgan fingerprint density at radius 3 is 2.43 bits per heavy atom. The van der Waals surface area contributed by atoms with Crippen molar-refractivity contribution >= 4 is 29.9 Å². The Balaban J connectivity index is 0.00000264. The predicted molar refractivity (Wildman–Crippen MR) is 100 cm³/mol. The van der Waals surface area contributed by atoms with E-state index in [9.17, 15) is 4.39 Å². The molecule has 2 N–H and O–H groups in total. The van der Waals surface area contributed by atoms with Gasteiger partial charge in [-0.2, -0.15) is 5.26 Å². The summed E-state index contributed by atoms with van der Waals surface area (Å²) in [5.41, 5.74) is 1.93. The van der Waals surface area contributed by atoms with Crippen molar-refractivity contribution in [3.63, 3.8) is 0 Å². The molecule has 0 aromatic heterocycles. The van der Waals surface area contributed by atoms with E-state index in [0.29, 0.717) is 30.2 Å². The molecule has 120 valence electrons. The highest BCUT2D eigenvalue weighted by Crippen LogP contribution is 2.09. The third kappa shape index (κ3) is 5.87. The summed E-state index contributed by atoms with van der Waals surface area (Å²) in [6.45, 7) is 0.933. The van der Waals surface area contributed by atoms with E-state index in [1.807, 2.05) is 36.4 Å². The SMILES string of the molecule is CN=C(NCc1ccccc1)NCc1ccc(C#N)cc1F.I. The summed E-state index contributed by atoms with van der Waals surface area (Å²) in [7, 11) is 1.66. The van der Waals surface area contributed by atoms with Gasteiger partial charge in [-0.1, -0.05) is 36.4 Å². The summed E-state index contributed by atoms with van der Waals surface area (Å²) in [4.78, 5) is 4.10. The van der Waals surface area contributed by atoms with Crippen LogP contribution in [0.5, 0.6) is 0 Å². The third-order valence-corrected chi connectivity index (χ3v) is 3.15. The molecular weight excluding hydrogens is 406 g/mol. The predicted octanol–water partition coefficient (Wildman–Crippen LogP) is 3.18. The molecule has 0 unspecified atom stereocenters. The highest BCUT2D eigenvalue weighted by atomic mass is 127. The molecule has 6 heteroatoms. The van der Waals surface area contributed by atoms with E-state index in [0.717, 1.165) is 5.56 Å². The van der Waals surface area contributed by atoms with E-state index in [-0.39, 0.29) is 24.0 Å². The highest BCUT2D eigenvalue weighted by molar-refractivity contribution is 14.0. The Labute approximate surface area is 152 Å². The topological polar surface area (TPSA) is 60.2 Å². The van der Waals surface area contributed by atoms with Gasteiger partial charge in [-0.3, -0.25) is 4.99 Å². The zero-order valence-corrected chi connectivity index (χ0v) is 15.0. The molecule has 0 spiro atoms. The number of rotatable bonds is 4. The van der Waals surface area contributed by atoms with Gasteiger partial charge in [0.05, 0.1) is 11.6 Å². The lowest BCUT2D eigenvalue weighted by atomic mass is 10.1. The van der Waals surface area contributed by atoms with Gasteiger partial charge in [0, 0.05) is 25.7 Å². The van der Waals surface area contributed by atoms with Crippen LogP contribution in [-0.2, 0) is 13.1 Å². The number of aliphatic imine (C=N–C) groups is 1. The van der Waals surface area contributed by atoms with E-state index >= 15 is 0 Å². The van der Waals surface area contributed by atoms with Crippen molar-refractivity contribution in [2.45, 2.75) is 13.1 Å². The molecule has 0 radical (unpaired) electrons. The fourth-order valence-electron chi connectivity index (χ4n) is 1.94. The van der Waals surface area contributed by atoms with Gasteiger partial charge in [0.15, 0.2) is 5.96 Å². The molecule has 0 heterocycles. The molecule has 2 rings (SSSR count). The molecule has 0 aliphatic carbocycles. The maximum absolute atomic E-state index is 13.8. The first-order chi connectivity index (χ1) is 10.7. The molecule has 0 atom stereocenters. The second kappa shape index (κ2) is 9.79. The first kappa shape index (κ1) is 18.9. The van der Waals surface area contributed by atoms with Crippen LogP contribution in [0.4, 0.5) is 4.39 Å². The number of halogens is 2. The minimum atomic E-state index is -0.398. The Kier molecular flexibility index (Phi) is 8.05. The van der Waals surface area contributed by atoms with Crippen LogP contribution in [0.3, 0.4) is 0 Å². The molecule has 0 amide bonds. The maximum Gasteiger partial charge on any atom is 0.191 e. The monoisotopic (exact) mass is 424 g/mol. The van der Waals surface area contributed by atoms with Gasteiger partial charge in [0.2, 0.25) is 0 Å². The lowest BCUT2D eigenvalue weighted by molar-refractivity contribution is 0.604. The molecule has 0 fully saturated rings. The van der Waals surface area contributed by atoms with Gasteiger partial charge >= 0.3 is 0 Å². The smallest absolute Gasteiger partial charge is 0.191 e. The number of guanidine groups is 1. The van der Waals surface area contributed by atoms with Gasteiger partial charge in [-0.05, 0) is 17.7 Å². The molecule has 23 heavy (non-hydrogen) atoms. The van der Waals surface area contributed by atoms with Crippen molar-refractivity contribution in [3.8, 4) is 6.07 Å². The number of hydrogen-bond donors (Lipinski definition) is 2. The molecule has 0 bridgehead atoms. The third-order valence-electron chi connectivity index (χ3n) is 3.15. The molecule has 0 saturated carbocycles. The highest BCUT2D eigenvalue weighted by Gasteiger charge is 2.05. The fraction of sp³-hybridized carbons (Fsp3) is 0.176. The van der Waals surface area contributed by atoms with Crippen LogP contribution in [0.2, 0.25) is 0 Å². The van der Waals surface area contributed by atoms with Crippen LogP contribution in [0, 0.1) is 17.1 Å². The molecule has 4 nitrogen and oxygen atoms in total. The summed E-state index contributed by atoms with van der Waals surface area (Å²) in [6, 6.07) is 16.3. The molecular formula is C17H18FIN4. The van der Waals surface area contributed by atoms with Gasteiger partial charge in [0.1, 0.15) is 5.82 Å². The van der Waals surface area contributed by atoms with Crippen molar-refractivity contribution in [1.82, 2.24) is 10.6 Å². The summed E-state index contributed by atoms with van der Waals surface area (Å²) in [6.07, 6.45) is 0.